The molecule has 1 aliphatic heterocycles. The summed E-state index contributed by atoms with van der Waals surface area (Å²) < 4.78 is 0. The molecule has 0 spiro atoms. The van der Waals surface area contributed by atoms with Crippen molar-refractivity contribution in [3.05, 3.63) is 22.8 Å². The standard InChI is InChI=1S/C13H14ClN3O2/c1-13(12(18)19)3-6-17(7-4-13)11-10(14)9(8-15)2-5-16-11/h2,5H,3-4,6-7H2,1H3,(H,18,19). The fraction of sp³-hybridized carbons (Fsp3) is 0.462. The van der Waals surface area contributed by atoms with Gasteiger partial charge in [-0.3, -0.25) is 4.79 Å². The largest absolute Gasteiger partial charge is 0.481 e. The second-order valence-corrected chi connectivity index (χ2v) is 5.34. The summed E-state index contributed by atoms with van der Waals surface area (Å²) in [4.78, 5) is 17.3. The minimum Gasteiger partial charge on any atom is -0.481 e. The molecule has 0 amide bonds. The Kier molecular flexibility index (Phi) is 3.63. The Hall–Kier alpha value is -1.80. The summed E-state index contributed by atoms with van der Waals surface area (Å²) in [7, 11) is 0. The fourth-order valence-corrected chi connectivity index (χ4v) is 2.44. The molecular formula is C13H14ClN3O2. The van der Waals surface area contributed by atoms with Crippen LogP contribution in [0.5, 0.6) is 0 Å². The molecule has 19 heavy (non-hydrogen) atoms. The van der Waals surface area contributed by atoms with Gasteiger partial charge in [0.1, 0.15) is 16.9 Å². The Morgan fingerprint density at radius 1 is 1.58 bits per heavy atom. The molecule has 1 aliphatic rings. The van der Waals surface area contributed by atoms with Crippen LogP contribution < -0.4 is 4.90 Å². The lowest BCUT2D eigenvalue weighted by molar-refractivity contribution is -0.149. The number of carboxylic acid groups (broad SMARTS) is 1. The first-order chi connectivity index (χ1) is 8.98. The van der Waals surface area contributed by atoms with E-state index in [1.807, 2.05) is 11.0 Å². The van der Waals surface area contributed by atoms with Gasteiger partial charge in [-0.1, -0.05) is 11.6 Å². The van der Waals surface area contributed by atoms with Crippen molar-refractivity contribution >= 4 is 23.4 Å². The molecule has 1 aromatic rings. The van der Waals surface area contributed by atoms with Crippen molar-refractivity contribution in [2.45, 2.75) is 19.8 Å². The van der Waals surface area contributed by atoms with Crippen molar-refractivity contribution in [2.24, 2.45) is 5.41 Å². The van der Waals surface area contributed by atoms with Gasteiger partial charge in [0, 0.05) is 19.3 Å². The van der Waals surface area contributed by atoms with Gasteiger partial charge in [-0.15, -0.1) is 0 Å². The van der Waals surface area contributed by atoms with Crippen LogP contribution in [0, 0.1) is 16.7 Å². The minimum atomic E-state index is -0.767. The second kappa shape index (κ2) is 5.06. The number of nitriles is 1. The molecule has 1 aromatic heterocycles. The number of rotatable bonds is 2. The number of piperidine rings is 1. The number of nitrogens with zero attached hydrogens (tertiary/aromatic N) is 3. The number of hydrogen-bond donors (Lipinski definition) is 1. The van der Waals surface area contributed by atoms with Crippen LogP contribution >= 0.6 is 11.6 Å². The molecule has 0 aliphatic carbocycles. The smallest absolute Gasteiger partial charge is 0.309 e. The van der Waals surface area contributed by atoms with E-state index in [9.17, 15) is 9.90 Å². The molecule has 1 saturated heterocycles. The first-order valence-corrected chi connectivity index (χ1v) is 6.39. The predicted octanol–water partition coefficient (Wildman–Crippen LogP) is 2.30. The number of carboxylic acids is 1. The number of hydrogen-bond acceptors (Lipinski definition) is 4. The molecule has 1 fully saturated rings. The number of halogens is 1. The molecule has 2 heterocycles. The van der Waals surface area contributed by atoms with Gasteiger partial charge < -0.3 is 10.0 Å². The third-order valence-electron chi connectivity index (χ3n) is 3.67. The number of aliphatic carboxylic acids is 1. The molecule has 2 rings (SSSR count). The normalized spacial score (nSPS) is 17.8. The van der Waals surface area contributed by atoms with Crippen molar-refractivity contribution in [3.8, 4) is 6.07 Å². The lowest BCUT2D eigenvalue weighted by Gasteiger charge is -2.37. The van der Waals surface area contributed by atoms with Crippen LogP contribution in [0.2, 0.25) is 5.02 Å². The van der Waals surface area contributed by atoms with E-state index in [2.05, 4.69) is 4.98 Å². The van der Waals surface area contributed by atoms with Gasteiger partial charge in [0.15, 0.2) is 0 Å². The molecule has 1 N–H and O–H groups in total. The Morgan fingerprint density at radius 2 is 2.21 bits per heavy atom. The van der Waals surface area contributed by atoms with Crippen LogP contribution in [0.25, 0.3) is 0 Å². The van der Waals surface area contributed by atoms with Gasteiger partial charge >= 0.3 is 5.97 Å². The molecule has 0 aromatic carbocycles. The third kappa shape index (κ3) is 2.49. The first kappa shape index (κ1) is 13.6. The summed E-state index contributed by atoms with van der Waals surface area (Å²) in [5.74, 6) is -0.204. The summed E-state index contributed by atoms with van der Waals surface area (Å²) in [6, 6.07) is 3.58. The van der Waals surface area contributed by atoms with Crippen LogP contribution in [0.4, 0.5) is 5.82 Å². The van der Waals surface area contributed by atoms with Gasteiger partial charge in [0.25, 0.3) is 0 Å². The van der Waals surface area contributed by atoms with Gasteiger partial charge in [-0.05, 0) is 25.8 Å². The summed E-state index contributed by atoms with van der Waals surface area (Å²) in [6.07, 6.45) is 2.62. The minimum absolute atomic E-state index is 0.337. The molecule has 100 valence electrons. The monoisotopic (exact) mass is 279 g/mol. The second-order valence-electron chi connectivity index (χ2n) is 4.96. The summed E-state index contributed by atoms with van der Waals surface area (Å²) in [5.41, 5.74) is -0.297. The molecule has 5 nitrogen and oxygen atoms in total. The number of pyridine rings is 1. The average Bonchev–Trinajstić information content (AvgIpc) is 2.40. The predicted molar refractivity (Wildman–Crippen MR) is 71.2 cm³/mol. The summed E-state index contributed by atoms with van der Waals surface area (Å²) in [5, 5.41) is 18.5. The quantitative estimate of drug-likeness (QED) is 0.899. The van der Waals surface area contributed by atoms with Gasteiger partial charge in [0.05, 0.1) is 11.0 Å². The Morgan fingerprint density at radius 3 is 2.74 bits per heavy atom. The van der Waals surface area contributed by atoms with Crippen LogP contribution in [-0.2, 0) is 4.79 Å². The molecule has 0 saturated carbocycles. The highest BCUT2D eigenvalue weighted by molar-refractivity contribution is 6.34. The zero-order valence-corrected chi connectivity index (χ0v) is 11.3. The number of anilines is 1. The van der Waals surface area contributed by atoms with Crippen LogP contribution in [0.1, 0.15) is 25.3 Å². The van der Waals surface area contributed by atoms with Gasteiger partial charge in [-0.2, -0.15) is 5.26 Å². The SMILES string of the molecule is CC1(C(=O)O)CCN(c2nccc(C#N)c2Cl)CC1. The average molecular weight is 280 g/mol. The van der Waals surface area contributed by atoms with Crippen molar-refractivity contribution in [2.75, 3.05) is 18.0 Å². The van der Waals surface area contributed by atoms with E-state index in [4.69, 9.17) is 16.9 Å². The Labute approximate surface area is 116 Å². The third-order valence-corrected chi connectivity index (χ3v) is 4.05. The van der Waals surface area contributed by atoms with Crippen LogP contribution in [0.15, 0.2) is 12.3 Å². The van der Waals surface area contributed by atoms with E-state index >= 15 is 0 Å². The van der Waals surface area contributed by atoms with E-state index in [1.165, 1.54) is 0 Å². The highest BCUT2D eigenvalue weighted by atomic mass is 35.5. The first-order valence-electron chi connectivity index (χ1n) is 6.01. The fourth-order valence-electron chi connectivity index (χ4n) is 2.17. The lowest BCUT2D eigenvalue weighted by atomic mass is 9.80. The molecule has 0 bridgehead atoms. The van der Waals surface area contributed by atoms with Crippen LogP contribution in [-0.4, -0.2) is 29.1 Å². The van der Waals surface area contributed by atoms with Crippen molar-refractivity contribution in [1.29, 1.82) is 5.26 Å². The Bertz CT molecular complexity index is 545. The van der Waals surface area contributed by atoms with E-state index in [0.717, 1.165) is 0 Å². The molecular weight excluding hydrogens is 266 g/mol. The zero-order chi connectivity index (χ0) is 14.0. The maximum absolute atomic E-state index is 11.2. The highest BCUT2D eigenvalue weighted by Crippen LogP contribution is 2.35. The van der Waals surface area contributed by atoms with Crippen molar-refractivity contribution in [1.82, 2.24) is 4.98 Å². The van der Waals surface area contributed by atoms with Crippen molar-refractivity contribution < 1.29 is 9.90 Å². The number of carbonyl (C=O) groups is 1. The molecule has 0 radical (unpaired) electrons. The maximum atomic E-state index is 11.2. The van der Waals surface area contributed by atoms with Crippen molar-refractivity contribution in [3.63, 3.8) is 0 Å². The highest BCUT2D eigenvalue weighted by Gasteiger charge is 2.37. The molecule has 0 unspecified atom stereocenters. The van der Waals surface area contributed by atoms with E-state index < -0.39 is 11.4 Å². The van der Waals surface area contributed by atoms with Gasteiger partial charge in [-0.25, -0.2) is 4.98 Å². The van der Waals surface area contributed by atoms with E-state index in [1.54, 1.807) is 19.2 Å². The van der Waals surface area contributed by atoms with E-state index in [-0.39, 0.29) is 0 Å². The molecule has 6 heteroatoms. The van der Waals surface area contributed by atoms with Gasteiger partial charge in [0.2, 0.25) is 0 Å². The lowest BCUT2D eigenvalue weighted by Crippen LogP contribution is -2.43. The zero-order valence-electron chi connectivity index (χ0n) is 10.6. The number of aromatic nitrogens is 1. The molecule has 0 atom stereocenters. The van der Waals surface area contributed by atoms with E-state index in [0.29, 0.717) is 42.3 Å². The summed E-state index contributed by atoms with van der Waals surface area (Å²) >= 11 is 6.13. The maximum Gasteiger partial charge on any atom is 0.309 e. The van der Waals surface area contributed by atoms with Crippen LogP contribution in [0.3, 0.4) is 0 Å². The topological polar surface area (TPSA) is 77.2 Å². The summed E-state index contributed by atoms with van der Waals surface area (Å²) in [6.45, 7) is 2.90. The Balaban J connectivity index is 2.19.